The number of rotatable bonds is 4. The number of halogens is 2. The molecule has 1 unspecified atom stereocenters. The number of nitrogens with zero attached hydrogens (tertiary/aromatic N) is 6. The van der Waals surface area contributed by atoms with Crippen molar-refractivity contribution in [2.24, 2.45) is 7.05 Å². The van der Waals surface area contributed by atoms with Crippen molar-refractivity contribution in [1.29, 1.82) is 0 Å². The normalized spacial score (nSPS) is 19.8. The number of aryl methyl sites for hydroxylation is 1. The number of carbonyl (C=O) groups excluding carboxylic acids is 1. The molecule has 1 fully saturated rings. The van der Waals surface area contributed by atoms with Crippen LogP contribution in [0.5, 0.6) is 0 Å². The third-order valence-electron chi connectivity index (χ3n) is 8.42. The highest BCUT2D eigenvalue weighted by molar-refractivity contribution is 5.78. The van der Waals surface area contributed by atoms with Crippen LogP contribution in [0.4, 0.5) is 25.1 Å². The van der Waals surface area contributed by atoms with E-state index < -0.39 is 6.43 Å². The number of benzene rings is 1. The van der Waals surface area contributed by atoms with Crippen LogP contribution in [0.15, 0.2) is 24.5 Å². The van der Waals surface area contributed by atoms with E-state index in [9.17, 15) is 13.6 Å². The van der Waals surface area contributed by atoms with Gasteiger partial charge in [-0.2, -0.15) is 10.2 Å². The molecule has 9 nitrogen and oxygen atoms in total. The van der Waals surface area contributed by atoms with Crippen LogP contribution in [0, 0.1) is 0 Å². The Hall–Kier alpha value is -3.47. The van der Waals surface area contributed by atoms with Gasteiger partial charge in [-0.3, -0.25) is 9.36 Å². The first-order chi connectivity index (χ1) is 18.9. The average Bonchev–Trinajstić information content (AvgIpc) is 3.56. The summed E-state index contributed by atoms with van der Waals surface area (Å²) in [6.07, 6.45) is 4.10. The Kier molecular flexibility index (Phi) is 6.78. The molecule has 2 aromatic heterocycles. The Morgan fingerprint density at radius 2 is 1.97 bits per heavy atom. The van der Waals surface area contributed by atoms with Crippen molar-refractivity contribution >= 4 is 17.5 Å². The minimum atomic E-state index is -2.64. The van der Waals surface area contributed by atoms with Crippen molar-refractivity contribution < 1.29 is 18.3 Å². The fourth-order valence-corrected chi connectivity index (χ4v) is 6.27. The minimum absolute atomic E-state index is 0.00873. The lowest BCUT2D eigenvalue weighted by Gasteiger charge is -2.36. The van der Waals surface area contributed by atoms with E-state index in [-0.39, 0.29) is 23.6 Å². The van der Waals surface area contributed by atoms with Gasteiger partial charge >= 0.3 is 6.03 Å². The second kappa shape index (κ2) is 10.3. The lowest BCUT2D eigenvalue weighted by atomic mass is 9.87. The summed E-state index contributed by atoms with van der Waals surface area (Å²) in [5, 5.41) is 12.1. The molecule has 5 heterocycles. The van der Waals surface area contributed by atoms with E-state index in [2.05, 4.69) is 26.9 Å². The lowest BCUT2D eigenvalue weighted by Crippen LogP contribution is -2.42. The topological polar surface area (TPSA) is 80.5 Å². The number of nitrogens with one attached hydrogen (secondary N) is 1. The summed E-state index contributed by atoms with van der Waals surface area (Å²) in [5.74, 6) is 0.974. The molecular weight excluding hydrogens is 504 g/mol. The minimum Gasteiger partial charge on any atom is -0.381 e. The van der Waals surface area contributed by atoms with Crippen LogP contribution in [-0.2, 0) is 24.8 Å². The molecule has 3 aliphatic rings. The van der Waals surface area contributed by atoms with Crippen LogP contribution in [0.2, 0.25) is 0 Å². The van der Waals surface area contributed by atoms with Crippen molar-refractivity contribution in [2.75, 3.05) is 38.3 Å². The fourth-order valence-electron chi connectivity index (χ4n) is 6.27. The maximum atomic E-state index is 14.5. The molecule has 39 heavy (non-hydrogen) atoms. The highest BCUT2D eigenvalue weighted by Crippen LogP contribution is 2.46. The lowest BCUT2D eigenvalue weighted by molar-refractivity contribution is 0.0651. The number of alkyl halides is 2. The standard InChI is InChI=1S/C28H35F2N7O2/c1-17-4-9-36(25-13-22(26(29)30)21(12-20(17)25)18-14-32-34(3)15-18)27-23-16-35(28(38)31-2)8-5-24(23)37(33-27)19-6-10-39-11-7-19/h12-15,17,19,26H,4-11,16H2,1-3H3,(H,31,38). The summed E-state index contributed by atoms with van der Waals surface area (Å²) in [6.45, 7) is 5.24. The molecular formula is C28H35F2N7O2. The molecule has 0 bridgehead atoms. The average molecular weight is 540 g/mol. The van der Waals surface area contributed by atoms with Crippen molar-refractivity contribution in [1.82, 2.24) is 29.8 Å². The van der Waals surface area contributed by atoms with Crippen molar-refractivity contribution in [3.05, 3.63) is 46.9 Å². The molecule has 1 N–H and O–H groups in total. The predicted octanol–water partition coefficient (Wildman–Crippen LogP) is 4.92. The van der Waals surface area contributed by atoms with E-state index in [1.807, 2.05) is 6.07 Å². The molecule has 3 aromatic rings. The van der Waals surface area contributed by atoms with Gasteiger partial charge in [-0.15, -0.1) is 0 Å². The highest BCUT2D eigenvalue weighted by atomic mass is 19.3. The largest absolute Gasteiger partial charge is 0.381 e. The quantitative estimate of drug-likeness (QED) is 0.509. The smallest absolute Gasteiger partial charge is 0.317 e. The number of hydrogen-bond donors (Lipinski definition) is 1. The summed E-state index contributed by atoms with van der Waals surface area (Å²) >= 11 is 0. The molecule has 0 radical (unpaired) electrons. The third kappa shape index (κ3) is 4.56. The van der Waals surface area contributed by atoms with E-state index in [1.54, 1.807) is 42.1 Å². The van der Waals surface area contributed by atoms with Crippen molar-refractivity contribution in [2.45, 2.75) is 57.5 Å². The number of amides is 2. The van der Waals surface area contributed by atoms with Gasteiger partial charge in [-0.25, -0.2) is 13.6 Å². The summed E-state index contributed by atoms with van der Waals surface area (Å²) in [4.78, 5) is 16.5. The molecule has 208 valence electrons. The SMILES string of the molecule is CNC(=O)N1CCc2c(c(N3CCC(C)c4cc(-c5cnn(C)c5)c(C(F)F)cc43)nn2C2CCOCC2)C1. The van der Waals surface area contributed by atoms with E-state index >= 15 is 0 Å². The van der Waals surface area contributed by atoms with Gasteiger partial charge in [0.25, 0.3) is 6.43 Å². The van der Waals surface area contributed by atoms with Gasteiger partial charge in [0.05, 0.1) is 18.8 Å². The number of anilines is 2. The molecule has 6 rings (SSSR count). The summed E-state index contributed by atoms with van der Waals surface area (Å²) in [6, 6.07) is 3.67. The zero-order valence-electron chi connectivity index (χ0n) is 22.7. The number of hydrogen-bond acceptors (Lipinski definition) is 5. The Bertz CT molecular complexity index is 1380. The molecule has 11 heteroatoms. The summed E-state index contributed by atoms with van der Waals surface area (Å²) in [7, 11) is 3.42. The van der Waals surface area contributed by atoms with E-state index in [0.29, 0.717) is 50.4 Å². The summed E-state index contributed by atoms with van der Waals surface area (Å²) < 4.78 is 38.4. The molecule has 1 saturated heterocycles. The monoisotopic (exact) mass is 539 g/mol. The van der Waals surface area contributed by atoms with E-state index in [1.165, 1.54) is 0 Å². The molecule has 2 amide bonds. The van der Waals surface area contributed by atoms with E-state index in [4.69, 9.17) is 9.84 Å². The summed E-state index contributed by atoms with van der Waals surface area (Å²) in [5.41, 5.74) is 5.13. The van der Waals surface area contributed by atoms with Crippen molar-refractivity contribution in [3.63, 3.8) is 0 Å². The van der Waals surface area contributed by atoms with Crippen LogP contribution in [-0.4, -0.2) is 63.8 Å². The number of aromatic nitrogens is 4. The Morgan fingerprint density at radius 3 is 2.67 bits per heavy atom. The van der Waals surface area contributed by atoms with Gasteiger partial charge in [0.1, 0.15) is 0 Å². The molecule has 1 atom stereocenters. The highest BCUT2D eigenvalue weighted by Gasteiger charge is 2.35. The first kappa shape index (κ1) is 25.8. The van der Waals surface area contributed by atoms with Crippen LogP contribution in [0.1, 0.15) is 67.0 Å². The van der Waals surface area contributed by atoms with Gasteiger partial charge < -0.3 is 19.9 Å². The first-order valence-electron chi connectivity index (χ1n) is 13.7. The van der Waals surface area contributed by atoms with Crippen molar-refractivity contribution in [3.8, 4) is 11.1 Å². The Balaban J connectivity index is 1.49. The maximum Gasteiger partial charge on any atom is 0.317 e. The van der Waals surface area contributed by atoms with Crippen LogP contribution in [0.25, 0.3) is 11.1 Å². The zero-order chi connectivity index (χ0) is 27.3. The Morgan fingerprint density at radius 1 is 1.18 bits per heavy atom. The maximum absolute atomic E-state index is 14.5. The number of ether oxygens (including phenoxy) is 1. The zero-order valence-corrected chi connectivity index (χ0v) is 22.7. The van der Waals surface area contributed by atoms with Gasteiger partial charge in [-0.1, -0.05) is 6.92 Å². The molecule has 0 aliphatic carbocycles. The number of carbonyl (C=O) groups is 1. The number of urea groups is 1. The molecule has 3 aliphatic heterocycles. The molecule has 1 aromatic carbocycles. The Labute approximate surface area is 226 Å². The fraction of sp³-hybridized carbons (Fsp3) is 0.536. The molecule has 0 saturated carbocycles. The van der Waals surface area contributed by atoms with Gasteiger partial charge in [0, 0.05) is 81.1 Å². The van der Waals surface area contributed by atoms with Gasteiger partial charge in [0.2, 0.25) is 0 Å². The third-order valence-corrected chi connectivity index (χ3v) is 8.42. The van der Waals surface area contributed by atoms with Gasteiger partial charge in [0.15, 0.2) is 5.82 Å². The van der Waals surface area contributed by atoms with Crippen LogP contribution >= 0.6 is 0 Å². The van der Waals surface area contributed by atoms with Crippen LogP contribution < -0.4 is 10.2 Å². The predicted molar refractivity (Wildman–Crippen MR) is 144 cm³/mol. The van der Waals surface area contributed by atoms with Crippen LogP contribution in [0.3, 0.4) is 0 Å². The second-order valence-electron chi connectivity index (χ2n) is 10.8. The van der Waals surface area contributed by atoms with E-state index in [0.717, 1.165) is 47.6 Å². The molecule has 0 spiro atoms. The second-order valence-corrected chi connectivity index (χ2v) is 10.8. The first-order valence-corrected chi connectivity index (χ1v) is 13.7. The number of fused-ring (bicyclic) bond motifs is 2. The van der Waals surface area contributed by atoms with Gasteiger partial charge in [-0.05, 0) is 48.4 Å².